The number of carbonyl (C=O) groups excluding carboxylic acids is 1. The first-order valence-electron chi connectivity index (χ1n) is 6.38. The first-order valence-corrected chi connectivity index (χ1v) is 7.58. The fourth-order valence-corrected chi connectivity index (χ4v) is 3.57. The molecule has 0 amide bonds. The fourth-order valence-electron chi connectivity index (χ4n) is 2.32. The van der Waals surface area contributed by atoms with Crippen LogP contribution >= 0.6 is 23.4 Å². The summed E-state index contributed by atoms with van der Waals surface area (Å²) < 4.78 is 0. The van der Waals surface area contributed by atoms with Crippen LogP contribution in [0.25, 0.3) is 6.08 Å². The Hall–Kier alpha value is -1.19. The molecule has 0 aromatic heterocycles. The molecule has 1 fully saturated rings. The van der Waals surface area contributed by atoms with E-state index in [2.05, 4.69) is 4.90 Å². The minimum atomic E-state index is 0.104. The van der Waals surface area contributed by atoms with Crippen LogP contribution in [-0.4, -0.2) is 23.8 Å². The summed E-state index contributed by atoms with van der Waals surface area (Å²) >= 11 is 7.53. The summed E-state index contributed by atoms with van der Waals surface area (Å²) in [4.78, 5) is 15.1. The number of hydrogen-bond donors (Lipinski definition) is 0. The van der Waals surface area contributed by atoms with Crippen molar-refractivity contribution in [1.82, 2.24) is 4.90 Å². The molecular weight excluding hydrogens is 278 g/mol. The van der Waals surface area contributed by atoms with Gasteiger partial charge in [0.15, 0.2) is 5.78 Å². The second kappa shape index (κ2) is 5.43. The molecule has 1 aromatic rings. The normalized spacial score (nSPS) is 21.3. The lowest BCUT2D eigenvalue weighted by Crippen LogP contribution is -2.15. The maximum Gasteiger partial charge on any atom is 0.195 e. The predicted octanol–water partition coefficient (Wildman–Crippen LogP) is 3.93. The SMILES string of the molecule is O=C1C=C(N2CCCC2)S/C1=C/c1cccc(Cl)c1. The third-order valence-electron chi connectivity index (χ3n) is 3.28. The van der Waals surface area contributed by atoms with Crippen molar-refractivity contribution in [2.45, 2.75) is 12.8 Å². The van der Waals surface area contributed by atoms with Crippen LogP contribution in [0.5, 0.6) is 0 Å². The van der Waals surface area contributed by atoms with Gasteiger partial charge in [-0.05, 0) is 36.6 Å². The van der Waals surface area contributed by atoms with Crippen LogP contribution in [0.2, 0.25) is 5.02 Å². The molecule has 0 atom stereocenters. The summed E-state index contributed by atoms with van der Waals surface area (Å²) in [6.45, 7) is 2.13. The van der Waals surface area contributed by atoms with E-state index in [1.807, 2.05) is 30.3 Å². The molecule has 2 aliphatic heterocycles. The van der Waals surface area contributed by atoms with Crippen molar-refractivity contribution in [1.29, 1.82) is 0 Å². The Balaban J connectivity index is 1.79. The van der Waals surface area contributed by atoms with Gasteiger partial charge in [-0.25, -0.2) is 0 Å². The van der Waals surface area contributed by atoms with Crippen molar-refractivity contribution in [3.05, 3.63) is 50.9 Å². The summed E-state index contributed by atoms with van der Waals surface area (Å²) in [5, 5.41) is 1.79. The van der Waals surface area contributed by atoms with Gasteiger partial charge in [0.05, 0.1) is 9.93 Å². The number of halogens is 1. The number of ketones is 1. The Bertz CT molecular complexity index is 573. The van der Waals surface area contributed by atoms with Crippen LogP contribution in [0.4, 0.5) is 0 Å². The van der Waals surface area contributed by atoms with E-state index in [1.54, 1.807) is 17.8 Å². The number of hydrogen-bond acceptors (Lipinski definition) is 3. The zero-order valence-electron chi connectivity index (χ0n) is 10.4. The first-order chi connectivity index (χ1) is 9.22. The van der Waals surface area contributed by atoms with Crippen molar-refractivity contribution in [3.63, 3.8) is 0 Å². The van der Waals surface area contributed by atoms with E-state index in [0.29, 0.717) is 5.02 Å². The Labute approximate surface area is 122 Å². The zero-order valence-corrected chi connectivity index (χ0v) is 12.0. The molecule has 1 aromatic carbocycles. The molecule has 4 heteroatoms. The molecule has 2 nitrogen and oxygen atoms in total. The maximum atomic E-state index is 12.0. The topological polar surface area (TPSA) is 20.3 Å². The molecule has 19 heavy (non-hydrogen) atoms. The van der Waals surface area contributed by atoms with Gasteiger partial charge in [-0.15, -0.1) is 0 Å². The molecule has 2 aliphatic rings. The van der Waals surface area contributed by atoms with Crippen molar-refractivity contribution in [3.8, 4) is 0 Å². The van der Waals surface area contributed by atoms with E-state index < -0.39 is 0 Å². The van der Waals surface area contributed by atoms with Crippen LogP contribution in [-0.2, 0) is 4.79 Å². The summed E-state index contributed by atoms with van der Waals surface area (Å²) in [6.07, 6.45) is 6.11. The van der Waals surface area contributed by atoms with Crippen molar-refractivity contribution < 1.29 is 4.79 Å². The minimum Gasteiger partial charge on any atom is -0.366 e. The van der Waals surface area contributed by atoms with Crippen LogP contribution in [0.1, 0.15) is 18.4 Å². The van der Waals surface area contributed by atoms with E-state index >= 15 is 0 Å². The smallest absolute Gasteiger partial charge is 0.195 e. The lowest BCUT2D eigenvalue weighted by atomic mass is 10.2. The van der Waals surface area contributed by atoms with Crippen molar-refractivity contribution in [2.75, 3.05) is 13.1 Å². The molecule has 0 saturated carbocycles. The maximum absolute atomic E-state index is 12.0. The Morgan fingerprint density at radius 1 is 1.26 bits per heavy atom. The van der Waals surface area contributed by atoms with Crippen molar-refractivity contribution in [2.24, 2.45) is 0 Å². The highest BCUT2D eigenvalue weighted by molar-refractivity contribution is 8.08. The van der Waals surface area contributed by atoms with Gasteiger partial charge in [0.25, 0.3) is 0 Å². The van der Waals surface area contributed by atoms with Gasteiger partial charge in [-0.1, -0.05) is 35.5 Å². The molecular formula is C15H14ClNOS. The Morgan fingerprint density at radius 3 is 2.79 bits per heavy atom. The van der Waals surface area contributed by atoms with Crippen LogP contribution in [0.15, 0.2) is 40.3 Å². The second-order valence-corrected chi connectivity index (χ2v) is 6.21. The lowest BCUT2D eigenvalue weighted by Gasteiger charge is -2.16. The van der Waals surface area contributed by atoms with E-state index in [9.17, 15) is 4.79 Å². The molecule has 0 unspecified atom stereocenters. The summed E-state index contributed by atoms with van der Waals surface area (Å²) in [7, 11) is 0. The summed E-state index contributed by atoms with van der Waals surface area (Å²) in [5.74, 6) is 0.104. The van der Waals surface area contributed by atoms with E-state index in [1.165, 1.54) is 12.8 Å². The van der Waals surface area contributed by atoms with Gasteiger partial charge in [-0.3, -0.25) is 4.79 Å². The number of carbonyl (C=O) groups is 1. The van der Waals surface area contributed by atoms with Gasteiger partial charge >= 0.3 is 0 Å². The molecule has 0 radical (unpaired) electrons. The second-order valence-electron chi connectivity index (χ2n) is 4.71. The number of benzene rings is 1. The van der Waals surface area contributed by atoms with Gasteiger partial charge in [0.1, 0.15) is 0 Å². The molecule has 3 rings (SSSR count). The van der Waals surface area contributed by atoms with Gasteiger partial charge < -0.3 is 4.90 Å². The monoisotopic (exact) mass is 291 g/mol. The van der Waals surface area contributed by atoms with Gasteiger partial charge in [0, 0.05) is 24.2 Å². The summed E-state index contributed by atoms with van der Waals surface area (Å²) in [6, 6.07) is 7.56. The number of allylic oxidation sites excluding steroid dienone is 2. The van der Waals surface area contributed by atoms with Crippen LogP contribution in [0, 0.1) is 0 Å². The highest BCUT2D eigenvalue weighted by Crippen LogP contribution is 2.38. The number of thioether (sulfide) groups is 1. The molecule has 0 N–H and O–H groups in total. The molecule has 0 bridgehead atoms. The molecule has 0 aliphatic carbocycles. The van der Waals surface area contributed by atoms with E-state index in [0.717, 1.165) is 28.6 Å². The zero-order chi connectivity index (χ0) is 13.2. The lowest BCUT2D eigenvalue weighted by molar-refractivity contribution is -0.110. The third-order valence-corrected chi connectivity index (χ3v) is 4.64. The number of rotatable bonds is 2. The quantitative estimate of drug-likeness (QED) is 0.770. The van der Waals surface area contributed by atoms with Gasteiger partial charge in [0.2, 0.25) is 0 Å². The first kappa shape index (κ1) is 12.8. The van der Waals surface area contributed by atoms with Gasteiger partial charge in [-0.2, -0.15) is 0 Å². The highest BCUT2D eigenvalue weighted by atomic mass is 35.5. The Morgan fingerprint density at radius 2 is 2.05 bits per heavy atom. The fraction of sp³-hybridized carbons (Fsp3) is 0.267. The highest BCUT2D eigenvalue weighted by Gasteiger charge is 2.25. The molecule has 1 saturated heterocycles. The van der Waals surface area contributed by atoms with Crippen LogP contribution < -0.4 is 0 Å². The third kappa shape index (κ3) is 2.88. The van der Waals surface area contributed by atoms with E-state index in [-0.39, 0.29) is 5.78 Å². The average Bonchev–Trinajstić information content (AvgIpc) is 3.00. The number of likely N-dealkylation sites (tertiary alicyclic amines) is 1. The summed E-state index contributed by atoms with van der Waals surface area (Å²) in [5.41, 5.74) is 0.972. The largest absolute Gasteiger partial charge is 0.366 e. The molecule has 2 heterocycles. The average molecular weight is 292 g/mol. The van der Waals surface area contributed by atoms with E-state index in [4.69, 9.17) is 11.6 Å². The predicted molar refractivity (Wildman–Crippen MR) is 80.9 cm³/mol. The molecule has 0 spiro atoms. The van der Waals surface area contributed by atoms with Crippen molar-refractivity contribution >= 4 is 35.2 Å². The number of nitrogens with zero attached hydrogens (tertiary/aromatic N) is 1. The van der Waals surface area contributed by atoms with Crippen LogP contribution in [0.3, 0.4) is 0 Å². The Kier molecular flexibility index (Phi) is 3.67. The minimum absolute atomic E-state index is 0.104. The molecule has 98 valence electrons. The standard InChI is InChI=1S/C15H14ClNOS/c16-12-5-3-4-11(8-12)9-14-13(18)10-15(19-14)17-6-1-2-7-17/h3-5,8-10H,1-2,6-7H2/b14-9+.